The highest BCUT2D eigenvalue weighted by Gasteiger charge is 2.60. The van der Waals surface area contributed by atoms with E-state index in [1.165, 1.54) is 7.11 Å². The zero-order valence-electron chi connectivity index (χ0n) is 38.3. The van der Waals surface area contributed by atoms with Gasteiger partial charge in [0.05, 0.1) is 42.3 Å². The zero-order valence-corrected chi connectivity index (χ0v) is 39.0. The first-order valence-electron chi connectivity index (χ1n) is 22.2. The molecule has 1 aromatic carbocycles. The minimum Gasteiger partial charge on any atom is -0.461 e. The number of halogens is 1. The first kappa shape index (κ1) is 49.2. The summed E-state index contributed by atoms with van der Waals surface area (Å²) in [7, 11) is 3.49. The van der Waals surface area contributed by atoms with E-state index in [2.05, 4.69) is 18.7 Å². The lowest BCUT2D eigenvalue weighted by Gasteiger charge is -2.49. The Balaban J connectivity index is 1.60. The van der Waals surface area contributed by atoms with Crippen LogP contribution in [0.5, 0.6) is 0 Å². The number of benzene rings is 1. The Hall–Kier alpha value is -2.85. The molecule has 4 heterocycles. The van der Waals surface area contributed by atoms with Crippen LogP contribution in [-0.2, 0) is 54.0 Å². The third-order valence-electron chi connectivity index (χ3n) is 14.1. The highest BCUT2D eigenvalue weighted by molar-refractivity contribution is 6.30. The number of likely N-dealkylation sites (N-methyl/N-ethyl adjacent to an activating group) is 1. The first-order valence-corrected chi connectivity index (χ1v) is 22.6. The topological polar surface area (TPSA) is 160 Å². The Labute approximate surface area is 367 Å². The largest absolute Gasteiger partial charge is 0.461 e. The van der Waals surface area contributed by atoms with E-state index >= 15 is 0 Å². The van der Waals surface area contributed by atoms with E-state index in [-0.39, 0.29) is 50.0 Å². The van der Waals surface area contributed by atoms with E-state index in [0.717, 1.165) is 5.56 Å². The van der Waals surface area contributed by atoms with Crippen LogP contribution in [0.1, 0.15) is 100 Å². The van der Waals surface area contributed by atoms with Crippen molar-refractivity contribution in [2.45, 2.75) is 167 Å². The smallest absolute Gasteiger partial charge is 0.410 e. The Morgan fingerprint density at radius 2 is 1.74 bits per heavy atom. The molecular formula is C46H71ClN2O12. The zero-order chi connectivity index (χ0) is 45.1. The standard InChI is InChI=1S/C46H71ClN2O12/c1-13-35-46(10)39(49(44(54)61-46)20-18-31-14-16-33(47)17-15-31)28(6)36(50)26(4)23-45(9,55-12)40(60-43-37(51)34(22-27(5)57-43)48(11)25(2)3)29(7)38(30(8)41(52)58-35)59-42(53)32-19-21-56-24-32/h14-17,25-30,32,34-35,37-40,43,51H,13,18-24H2,1-12H3/t26-,27-,28+,29+,30-,32?,34+,35-,37-,38+,39-,40-,43?,45+,46-/m1/s1. The molecule has 4 saturated heterocycles. The van der Waals surface area contributed by atoms with Crippen molar-refractivity contribution in [3.8, 4) is 0 Å². The molecule has 0 saturated carbocycles. The first-order chi connectivity index (χ1) is 28.7. The van der Waals surface area contributed by atoms with Crippen molar-refractivity contribution >= 4 is 35.4 Å². The number of hydrogen-bond donors (Lipinski definition) is 1. The van der Waals surface area contributed by atoms with Crippen molar-refractivity contribution in [2.24, 2.45) is 29.6 Å². The quantitative estimate of drug-likeness (QED) is 0.197. The van der Waals surface area contributed by atoms with Gasteiger partial charge in [0, 0.05) is 55.1 Å². The van der Waals surface area contributed by atoms with Crippen LogP contribution < -0.4 is 0 Å². The number of methoxy groups -OCH3 is 1. The van der Waals surface area contributed by atoms with Crippen molar-refractivity contribution in [1.29, 1.82) is 0 Å². The van der Waals surface area contributed by atoms with Gasteiger partial charge < -0.3 is 38.3 Å². The summed E-state index contributed by atoms with van der Waals surface area (Å²) in [5.41, 5.74) is -1.77. The summed E-state index contributed by atoms with van der Waals surface area (Å²) in [5.74, 6) is -5.17. The van der Waals surface area contributed by atoms with E-state index < -0.39 is 95.6 Å². The molecule has 0 spiro atoms. The molecule has 4 aliphatic heterocycles. The molecule has 4 fully saturated rings. The van der Waals surface area contributed by atoms with E-state index in [1.807, 2.05) is 53.8 Å². The van der Waals surface area contributed by atoms with Gasteiger partial charge in [-0.05, 0) is 98.4 Å². The van der Waals surface area contributed by atoms with Gasteiger partial charge >= 0.3 is 18.0 Å². The van der Waals surface area contributed by atoms with Crippen molar-refractivity contribution < 1.29 is 57.4 Å². The molecular weight excluding hydrogens is 808 g/mol. The van der Waals surface area contributed by atoms with E-state index in [0.29, 0.717) is 30.9 Å². The van der Waals surface area contributed by atoms with Crippen LogP contribution >= 0.6 is 11.6 Å². The Morgan fingerprint density at radius 3 is 2.33 bits per heavy atom. The van der Waals surface area contributed by atoms with Crippen molar-refractivity contribution in [1.82, 2.24) is 9.80 Å². The van der Waals surface area contributed by atoms with Crippen molar-refractivity contribution in [2.75, 3.05) is 33.9 Å². The number of rotatable bonds is 11. The number of cyclic esters (lactones) is 1. The van der Waals surface area contributed by atoms with Gasteiger partial charge in [-0.3, -0.25) is 24.2 Å². The molecule has 5 rings (SSSR count). The van der Waals surface area contributed by atoms with Gasteiger partial charge in [0.1, 0.15) is 24.1 Å². The second kappa shape index (κ2) is 20.3. The minimum absolute atomic E-state index is 0.120. The molecule has 14 nitrogen and oxygen atoms in total. The van der Waals surface area contributed by atoms with Gasteiger partial charge in [0.2, 0.25) is 0 Å². The SMILES string of the molecule is CC[C@H]1OC(=O)[C@H](C)[C@@H](OC(=O)C2CCOC2)[C@H](C)[C@@H](OC2O[C@H](C)C[C@H](N(C)C(C)C)[C@H]2O)[C@@](C)(OC)C[C@@H](C)C(=O)[C@H](C)[C@H]2N(CCc3ccc(Cl)cc3)C(=O)O[C@]12C. The average Bonchev–Trinajstić information content (AvgIpc) is 3.86. The maximum absolute atomic E-state index is 14.9. The summed E-state index contributed by atoms with van der Waals surface area (Å²) in [4.78, 5) is 61.1. The molecule has 0 aromatic heterocycles. The van der Waals surface area contributed by atoms with Crippen molar-refractivity contribution in [3.63, 3.8) is 0 Å². The molecule has 1 N–H and O–H groups in total. The van der Waals surface area contributed by atoms with Gasteiger partial charge in [-0.1, -0.05) is 51.4 Å². The van der Waals surface area contributed by atoms with Gasteiger partial charge in [0.15, 0.2) is 11.9 Å². The van der Waals surface area contributed by atoms with Crippen molar-refractivity contribution in [3.05, 3.63) is 34.9 Å². The molecule has 1 aromatic rings. The monoisotopic (exact) mass is 878 g/mol. The highest BCUT2D eigenvalue weighted by atomic mass is 35.5. The Bertz CT molecular complexity index is 1680. The summed E-state index contributed by atoms with van der Waals surface area (Å²) in [6, 6.07) is 6.34. The Kier molecular flexibility index (Phi) is 16.4. The van der Waals surface area contributed by atoms with Gasteiger partial charge in [-0.25, -0.2) is 4.79 Å². The summed E-state index contributed by atoms with van der Waals surface area (Å²) >= 11 is 6.15. The second-order valence-corrected chi connectivity index (χ2v) is 19.2. The maximum atomic E-state index is 14.9. The summed E-state index contributed by atoms with van der Waals surface area (Å²) in [6.07, 6.45) is -4.35. The maximum Gasteiger partial charge on any atom is 0.410 e. The van der Waals surface area contributed by atoms with E-state index in [1.54, 1.807) is 37.8 Å². The lowest BCUT2D eigenvalue weighted by molar-refractivity contribution is -0.303. The fourth-order valence-corrected chi connectivity index (χ4v) is 10.3. The van der Waals surface area contributed by atoms with E-state index in [9.17, 15) is 24.3 Å². The number of ether oxygens (including phenoxy) is 7. The predicted octanol–water partition coefficient (Wildman–Crippen LogP) is 6.24. The normalized spacial score (nSPS) is 39.2. The van der Waals surface area contributed by atoms with Crippen LogP contribution in [0.2, 0.25) is 5.02 Å². The molecule has 2 unspecified atom stereocenters. The number of aliphatic hydroxyl groups is 1. The average molecular weight is 880 g/mol. The summed E-state index contributed by atoms with van der Waals surface area (Å²) in [5, 5.41) is 12.5. The lowest BCUT2D eigenvalue weighted by Crippen LogP contribution is -2.61. The second-order valence-electron chi connectivity index (χ2n) is 18.7. The molecule has 1 amide bonds. The number of carbonyl (C=O) groups excluding carboxylic acids is 4. The minimum atomic E-state index is -1.43. The number of nitrogens with zero attached hydrogens (tertiary/aromatic N) is 2. The van der Waals surface area contributed by atoms with Crippen LogP contribution in [0.4, 0.5) is 4.79 Å². The Morgan fingerprint density at radius 1 is 1.07 bits per heavy atom. The molecule has 344 valence electrons. The summed E-state index contributed by atoms with van der Waals surface area (Å²) in [6.45, 7) is 19.3. The number of amides is 1. The number of carbonyl (C=O) groups is 4. The van der Waals surface area contributed by atoms with Gasteiger partial charge in [-0.15, -0.1) is 0 Å². The van der Waals surface area contributed by atoms with Crippen LogP contribution in [0, 0.1) is 29.6 Å². The molecule has 61 heavy (non-hydrogen) atoms. The van der Waals surface area contributed by atoms with Crippen LogP contribution in [0.25, 0.3) is 0 Å². The van der Waals surface area contributed by atoms with Crippen LogP contribution in [0.15, 0.2) is 24.3 Å². The highest BCUT2D eigenvalue weighted by Crippen LogP contribution is 2.44. The third kappa shape index (κ3) is 10.6. The molecule has 4 aliphatic rings. The number of esters is 2. The van der Waals surface area contributed by atoms with E-state index in [4.69, 9.17) is 44.8 Å². The molecule has 0 bridgehead atoms. The fraction of sp³-hybridized carbons (Fsp3) is 0.783. The fourth-order valence-electron chi connectivity index (χ4n) is 10.2. The molecule has 15 heteroatoms. The number of aliphatic hydroxyl groups excluding tert-OH is 1. The van der Waals surface area contributed by atoms with Gasteiger partial charge in [-0.2, -0.15) is 0 Å². The predicted molar refractivity (Wildman–Crippen MR) is 228 cm³/mol. The lowest BCUT2D eigenvalue weighted by atomic mass is 9.73. The van der Waals surface area contributed by atoms with Gasteiger partial charge in [0.25, 0.3) is 0 Å². The van der Waals surface area contributed by atoms with Crippen LogP contribution in [-0.4, -0.2) is 139 Å². The number of ketones is 1. The van der Waals surface area contributed by atoms with Crippen LogP contribution in [0.3, 0.4) is 0 Å². The number of Topliss-reactive ketones (excluding diaryl/α,β-unsaturated/α-hetero) is 1. The molecule has 15 atom stereocenters. The number of hydrogen-bond acceptors (Lipinski definition) is 13. The number of fused-ring (bicyclic) bond motifs is 1. The summed E-state index contributed by atoms with van der Waals surface area (Å²) < 4.78 is 44.1. The molecule has 0 aliphatic carbocycles. The third-order valence-corrected chi connectivity index (χ3v) is 14.3. The molecule has 0 radical (unpaired) electrons.